The maximum Gasteiger partial charge on any atom is 0.407 e. The van der Waals surface area contributed by atoms with Crippen LogP contribution in [0.15, 0.2) is 0 Å². The fourth-order valence-electron chi connectivity index (χ4n) is 3.92. The van der Waals surface area contributed by atoms with Crippen LogP contribution >= 0.6 is 0 Å². The fourth-order valence-corrected chi connectivity index (χ4v) is 3.92. The van der Waals surface area contributed by atoms with Crippen molar-refractivity contribution in [2.75, 3.05) is 6.54 Å². The molecule has 0 heterocycles. The molecule has 0 aromatic heterocycles. The van der Waals surface area contributed by atoms with Gasteiger partial charge in [-0.2, -0.15) is 0 Å². The third-order valence-electron chi connectivity index (χ3n) is 3.99. The molecule has 5 heteroatoms. The van der Waals surface area contributed by atoms with Gasteiger partial charge in [-0.1, -0.05) is 20.8 Å². The first-order valence-electron chi connectivity index (χ1n) is 7.68. The van der Waals surface area contributed by atoms with Crippen LogP contribution < -0.4 is 5.32 Å². The van der Waals surface area contributed by atoms with Gasteiger partial charge >= 0.3 is 12.1 Å². The van der Waals surface area contributed by atoms with E-state index in [9.17, 15) is 9.59 Å². The van der Waals surface area contributed by atoms with E-state index in [4.69, 9.17) is 9.84 Å². The number of rotatable bonds is 5. The zero-order valence-electron chi connectivity index (χ0n) is 13.9. The molecule has 1 aliphatic rings. The van der Waals surface area contributed by atoms with Gasteiger partial charge in [-0.15, -0.1) is 0 Å². The van der Waals surface area contributed by atoms with Crippen molar-refractivity contribution in [3.8, 4) is 0 Å². The number of aliphatic carboxylic acids is 1. The minimum Gasteiger partial charge on any atom is -0.481 e. The molecule has 122 valence electrons. The molecule has 1 saturated carbocycles. The van der Waals surface area contributed by atoms with Crippen LogP contribution in [-0.4, -0.2) is 29.8 Å². The van der Waals surface area contributed by atoms with Gasteiger partial charge in [-0.05, 0) is 49.9 Å². The molecule has 21 heavy (non-hydrogen) atoms. The number of alkyl carbamates (subject to hydrolysis) is 1. The molecule has 2 N–H and O–H groups in total. The second kappa shape index (κ2) is 6.67. The molecule has 0 bridgehead atoms. The summed E-state index contributed by atoms with van der Waals surface area (Å²) in [4.78, 5) is 22.6. The highest BCUT2D eigenvalue weighted by atomic mass is 16.6. The summed E-state index contributed by atoms with van der Waals surface area (Å²) in [6.07, 6.45) is 2.38. The van der Waals surface area contributed by atoms with Gasteiger partial charge in [0.1, 0.15) is 0 Å². The van der Waals surface area contributed by atoms with Gasteiger partial charge in [0.2, 0.25) is 0 Å². The average Bonchev–Trinajstić information content (AvgIpc) is 2.21. The predicted octanol–water partition coefficient (Wildman–Crippen LogP) is 3.43. The van der Waals surface area contributed by atoms with Crippen molar-refractivity contribution < 1.29 is 19.4 Å². The number of nitrogens with one attached hydrogen (secondary N) is 1. The SMILES string of the molecule is CC(C)OC(=O)NCC1(C)CC(CC(=O)O)CC(C)(C)C1. The van der Waals surface area contributed by atoms with Gasteiger partial charge in [-0.3, -0.25) is 4.79 Å². The summed E-state index contributed by atoms with van der Waals surface area (Å²) in [6.45, 7) is 10.6. The minimum atomic E-state index is -0.743. The van der Waals surface area contributed by atoms with E-state index in [0.717, 1.165) is 19.3 Å². The summed E-state index contributed by atoms with van der Waals surface area (Å²) in [6, 6.07) is 0. The molecular formula is C16H29NO4. The quantitative estimate of drug-likeness (QED) is 0.815. The second-order valence-corrected chi connectivity index (χ2v) is 7.83. The van der Waals surface area contributed by atoms with Crippen LogP contribution in [0.3, 0.4) is 0 Å². The highest BCUT2D eigenvalue weighted by Crippen LogP contribution is 2.49. The zero-order valence-corrected chi connectivity index (χ0v) is 13.9. The maximum absolute atomic E-state index is 11.6. The molecule has 0 radical (unpaired) electrons. The van der Waals surface area contributed by atoms with E-state index >= 15 is 0 Å². The first kappa shape index (κ1) is 17.8. The van der Waals surface area contributed by atoms with E-state index in [2.05, 4.69) is 26.1 Å². The molecule has 5 nitrogen and oxygen atoms in total. The highest BCUT2D eigenvalue weighted by molar-refractivity contribution is 5.67. The van der Waals surface area contributed by atoms with Crippen LogP contribution in [0, 0.1) is 16.7 Å². The Hall–Kier alpha value is -1.26. The van der Waals surface area contributed by atoms with Crippen molar-refractivity contribution in [3.63, 3.8) is 0 Å². The fraction of sp³-hybridized carbons (Fsp3) is 0.875. The molecule has 0 aromatic carbocycles. The summed E-state index contributed by atoms with van der Waals surface area (Å²) >= 11 is 0. The van der Waals surface area contributed by atoms with Gasteiger partial charge in [0.25, 0.3) is 0 Å². The summed E-state index contributed by atoms with van der Waals surface area (Å²) in [5.74, 6) is -0.577. The summed E-state index contributed by atoms with van der Waals surface area (Å²) < 4.78 is 5.09. The molecule has 0 spiro atoms. The summed E-state index contributed by atoms with van der Waals surface area (Å²) in [5.41, 5.74) is 0.00855. The average molecular weight is 299 g/mol. The Balaban J connectivity index is 2.64. The Bertz CT molecular complexity index is 392. The second-order valence-electron chi connectivity index (χ2n) is 7.83. The van der Waals surface area contributed by atoms with Crippen molar-refractivity contribution >= 4 is 12.1 Å². The van der Waals surface area contributed by atoms with Gasteiger partial charge in [0, 0.05) is 13.0 Å². The lowest BCUT2D eigenvalue weighted by molar-refractivity contribution is -0.139. The normalized spacial score (nSPS) is 28.2. The topological polar surface area (TPSA) is 75.6 Å². The molecule has 2 atom stereocenters. The standard InChI is InChI=1S/C16H29NO4/c1-11(2)21-14(20)17-10-16(5)8-12(6-13(18)19)7-15(3,4)9-16/h11-12H,6-10H2,1-5H3,(H,17,20)(H,18,19). The zero-order chi connectivity index (χ0) is 16.3. The van der Waals surface area contributed by atoms with Gasteiger partial charge in [-0.25, -0.2) is 4.79 Å². The van der Waals surface area contributed by atoms with Crippen molar-refractivity contribution in [1.29, 1.82) is 0 Å². The third-order valence-corrected chi connectivity index (χ3v) is 3.99. The number of hydrogen-bond donors (Lipinski definition) is 2. The molecule has 1 fully saturated rings. The first-order valence-corrected chi connectivity index (χ1v) is 7.68. The highest BCUT2D eigenvalue weighted by Gasteiger charge is 2.41. The number of carboxylic acids is 1. The van der Waals surface area contributed by atoms with Crippen LogP contribution in [0.2, 0.25) is 0 Å². The lowest BCUT2D eigenvalue weighted by atomic mass is 9.60. The van der Waals surface area contributed by atoms with Crippen molar-refractivity contribution in [3.05, 3.63) is 0 Å². The lowest BCUT2D eigenvalue weighted by Gasteiger charge is -2.46. The molecule has 1 rings (SSSR count). The number of amides is 1. The van der Waals surface area contributed by atoms with Gasteiger partial charge in [0.15, 0.2) is 0 Å². The maximum atomic E-state index is 11.6. The molecular weight excluding hydrogens is 270 g/mol. The van der Waals surface area contributed by atoms with E-state index in [-0.39, 0.29) is 29.3 Å². The number of ether oxygens (including phenoxy) is 1. The molecule has 2 unspecified atom stereocenters. The van der Waals surface area contributed by atoms with E-state index in [0.29, 0.717) is 6.54 Å². The summed E-state index contributed by atoms with van der Waals surface area (Å²) in [5, 5.41) is 11.9. The minimum absolute atomic E-state index is 0.0855. The number of hydrogen-bond acceptors (Lipinski definition) is 3. The predicted molar refractivity (Wildman–Crippen MR) is 81.1 cm³/mol. The number of carbonyl (C=O) groups excluding carboxylic acids is 1. The van der Waals surface area contributed by atoms with E-state index in [1.165, 1.54) is 0 Å². The largest absolute Gasteiger partial charge is 0.481 e. The van der Waals surface area contributed by atoms with Crippen LogP contribution in [0.4, 0.5) is 4.79 Å². The van der Waals surface area contributed by atoms with E-state index < -0.39 is 12.1 Å². The number of carbonyl (C=O) groups is 2. The first-order chi connectivity index (χ1) is 9.51. The monoisotopic (exact) mass is 299 g/mol. The van der Waals surface area contributed by atoms with Crippen LogP contribution in [-0.2, 0) is 9.53 Å². The molecule has 1 amide bonds. The van der Waals surface area contributed by atoms with E-state index in [1.807, 2.05) is 13.8 Å². The third kappa shape index (κ3) is 6.36. The van der Waals surface area contributed by atoms with Gasteiger partial charge < -0.3 is 15.2 Å². The molecule has 1 aliphatic carbocycles. The van der Waals surface area contributed by atoms with Crippen molar-refractivity contribution in [1.82, 2.24) is 5.32 Å². The van der Waals surface area contributed by atoms with E-state index in [1.54, 1.807) is 0 Å². The van der Waals surface area contributed by atoms with Crippen LogP contribution in [0.1, 0.15) is 60.3 Å². The molecule has 0 saturated heterocycles. The van der Waals surface area contributed by atoms with Crippen molar-refractivity contribution in [2.45, 2.75) is 66.4 Å². The van der Waals surface area contributed by atoms with Crippen LogP contribution in [0.5, 0.6) is 0 Å². The Morgan fingerprint density at radius 3 is 2.43 bits per heavy atom. The Morgan fingerprint density at radius 2 is 1.90 bits per heavy atom. The summed E-state index contributed by atoms with van der Waals surface area (Å²) in [7, 11) is 0. The molecule has 0 aromatic rings. The number of carboxylic acid groups (broad SMARTS) is 1. The Labute approximate surface area is 127 Å². The van der Waals surface area contributed by atoms with Crippen molar-refractivity contribution in [2.24, 2.45) is 16.7 Å². The van der Waals surface area contributed by atoms with Gasteiger partial charge in [0.05, 0.1) is 6.10 Å². The Kier molecular flexibility index (Phi) is 5.65. The van der Waals surface area contributed by atoms with Crippen LogP contribution in [0.25, 0.3) is 0 Å². The smallest absolute Gasteiger partial charge is 0.407 e. The lowest BCUT2D eigenvalue weighted by Crippen LogP contribution is -2.44. The molecule has 0 aliphatic heterocycles. The Morgan fingerprint density at radius 1 is 1.29 bits per heavy atom.